The molecule has 0 saturated heterocycles. The number of hydrogen-bond acceptors (Lipinski definition) is 7. The van der Waals surface area contributed by atoms with Gasteiger partial charge in [-0.25, -0.2) is 4.79 Å². The SMILES string of the molecule is COC(=O)CN(C)C(=N)NC(=O)OCCCOC(=O)CCCc1ccccc1. The summed E-state index contributed by atoms with van der Waals surface area (Å²) < 4.78 is 14.4. The minimum absolute atomic E-state index is 0.0388. The smallest absolute Gasteiger partial charge is 0.413 e. The summed E-state index contributed by atoms with van der Waals surface area (Å²) in [5.41, 5.74) is 1.18. The number of nitrogens with zero attached hydrogens (tertiary/aromatic N) is 1. The van der Waals surface area contributed by atoms with Crippen molar-refractivity contribution in [3.63, 3.8) is 0 Å². The second-order valence-corrected chi connectivity index (χ2v) is 5.95. The molecule has 1 aromatic rings. The second-order valence-electron chi connectivity index (χ2n) is 5.95. The topological polar surface area (TPSA) is 118 Å². The van der Waals surface area contributed by atoms with E-state index in [2.05, 4.69) is 10.1 Å². The molecular formula is C19H27N3O6. The van der Waals surface area contributed by atoms with Gasteiger partial charge in [-0.2, -0.15) is 0 Å². The van der Waals surface area contributed by atoms with Crippen LogP contribution in [0.5, 0.6) is 0 Å². The largest absolute Gasteiger partial charge is 0.468 e. The summed E-state index contributed by atoms with van der Waals surface area (Å²) in [6.45, 7) is 0.0180. The molecule has 0 aliphatic heterocycles. The van der Waals surface area contributed by atoms with E-state index in [9.17, 15) is 14.4 Å². The van der Waals surface area contributed by atoms with Crippen molar-refractivity contribution in [3.8, 4) is 0 Å². The van der Waals surface area contributed by atoms with E-state index in [1.165, 1.54) is 24.6 Å². The maximum Gasteiger partial charge on any atom is 0.413 e. The zero-order valence-electron chi connectivity index (χ0n) is 16.2. The molecule has 0 radical (unpaired) electrons. The van der Waals surface area contributed by atoms with Crippen LogP contribution in [0.1, 0.15) is 24.8 Å². The summed E-state index contributed by atoms with van der Waals surface area (Å²) in [5.74, 6) is -1.11. The number of esters is 2. The highest BCUT2D eigenvalue weighted by Crippen LogP contribution is 2.05. The summed E-state index contributed by atoms with van der Waals surface area (Å²) in [6.07, 6.45) is 1.39. The number of rotatable bonds is 10. The average Bonchev–Trinajstić information content (AvgIpc) is 2.68. The number of nitrogens with one attached hydrogen (secondary N) is 2. The van der Waals surface area contributed by atoms with Gasteiger partial charge in [0.15, 0.2) is 0 Å². The van der Waals surface area contributed by atoms with Gasteiger partial charge in [0.25, 0.3) is 0 Å². The molecule has 0 unspecified atom stereocenters. The molecule has 0 aliphatic carbocycles. The van der Waals surface area contributed by atoms with Gasteiger partial charge in [-0.15, -0.1) is 0 Å². The lowest BCUT2D eigenvalue weighted by Crippen LogP contribution is -2.44. The van der Waals surface area contributed by atoms with Crippen LogP contribution in [0.4, 0.5) is 4.79 Å². The summed E-state index contributed by atoms with van der Waals surface area (Å²) in [4.78, 5) is 35.5. The number of likely N-dealkylation sites (N-methyl/N-ethyl adjacent to an activating group) is 1. The Labute approximate surface area is 164 Å². The molecule has 0 aliphatic rings. The predicted octanol–water partition coefficient (Wildman–Crippen LogP) is 1.71. The molecule has 0 saturated carbocycles. The van der Waals surface area contributed by atoms with Crippen molar-refractivity contribution in [1.82, 2.24) is 10.2 Å². The Kier molecular flexibility index (Phi) is 10.8. The molecule has 0 aromatic heterocycles. The molecule has 0 bridgehead atoms. The molecule has 1 rings (SSSR count). The highest BCUT2D eigenvalue weighted by Gasteiger charge is 2.13. The van der Waals surface area contributed by atoms with E-state index in [-0.39, 0.29) is 31.7 Å². The van der Waals surface area contributed by atoms with Crippen LogP contribution in [-0.2, 0) is 30.2 Å². The Morgan fingerprint density at radius 2 is 1.71 bits per heavy atom. The third-order valence-electron chi connectivity index (χ3n) is 3.67. The van der Waals surface area contributed by atoms with Gasteiger partial charge in [-0.1, -0.05) is 30.3 Å². The number of hydrogen-bond donors (Lipinski definition) is 2. The quantitative estimate of drug-likeness (QED) is 0.204. The summed E-state index contributed by atoms with van der Waals surface area (Å²) in [6, 6.07) is 9.90. The van der Waals surface area contributed by atoms with E-state index >= 15 is 0 Å². The predicted molar refractivity (Wildman–Crippen MR) is 102 cm³/mol. The molecule has 0 spiro atoms. The van der Waals surface area contributed by atoms with Crippen LogP contribution in [-0.4, -0.2) is 62.8 Å². The standard InChI is InChI=1S/C19H27N3O6/c1-22(14-17(24)26-2)18(20)21-19(25)28-13-7-12-27-16(23)11-6-10-15-8-4-3-5-9-15/h3-5,8-9H,6-7,10-14H2,1-2H3,(H2,20,21,25). The molecule has 0 atom stereocenters. The first kappa shape index (κ1) is 22.9. The monoisotopic (exact) mass is 393 g/mol. The fraction of sp³-hybridized carbons (Fsp3) is 0.474. The zero-order chi connectivity index (χ0) is 20.8. The number of carbonyl (C=O) groups is 3. The van der Waals surface area contributed by atoms with E-state index in [1.807, 2.05) is 30.3 Å². The van der Waals surface area contributed by atoms with Crippen LogP contribution in [0.3, 0.4) is 0 Å². The van der Waals surface area contributed by atoms with Crippen LogP contribution in [0.2, 0.25) is 0 Å². The van der Waals surface area contributed by atoms with Crippen molar-refractivity contribution in [2.75, 3.05) is 33.9 Å². The lowest BCUT2D eigenvalue weighted by Gasteiger charge is -2.18. The maximum atomic E-state index is 11.6. The second kappa shape index (κ2) is 13.1. The zero-order valence-corrected chi connectivity index (χ0v) is 16.2. The summed E-state index contributed by atoms with van der Waals surface area (Å²) in [5, 5.41) is 9.81. The molecule has 0 heterocycles. The van der Waals surface area contributed by atoms with E-state index in [4.69, 9.17) is 14.9 Å². The van der Waals surface area contributed by atoms with Crippen molar-refractivity contribution in [3.05, 3.63) is 35.9 Å². The van der Waals surface area contributed by atoms with Crippen molar-refractivity contribution in [2.45, 2.75) is 25.7 Å². The number of ether oxygens (including phenoxy) is 3. The van der Waals surface area contributed by atoms with E-state index in [1.54, 1.807) is 0 Å². The van der Waals surface area contributed by atoms with Gasteiger partial charge in [0.2, 0.25) is 5.96 Å². The first-order chi connectivity index (χ1) is 13.4. The molecule has 2 N–H and O–H groups in total. The van der Waals surface area contributed by atoms with Crippen molar-refractivity contribution in [1.29, 1.82) is 5.41 Å². The normalized spacial score (nSPS) is 9.93. The first-order valence-corrected chi connectivity index (χ1v) is 8.92. The Morgan fingerprint density at radius 3 is 2.39 bits per heavy atom. The number of guanidine groups is 1. The third kappa shape index (κ3) is 10.1. The molecule has 9 heteroatoms. The molecule has 154 valence electrons. The number of carbonyl (C=O) groups excluding carboxylic acids is 3. The van der Waals surface area contributed by atoms with Crippen LogP contribution in [0.15, 0.2) is 30.3 Å². The van der Waals surface area contributed by atoms with Gasteiger partial charge in [0.1, 0.15) is 6.54 Å². The van der Waals surface area contributed by atoms with Gasteiger partial charge in [-0.3, -0.25) is 20.3 Å². The number of alkyl carbamates (subject to hydrolysis) is 1. The highest BCUT2D eigenvalue weighted by atomic mass is 16.6. The fourth-order valence-electron chi connectivity index (χ4n) is 2.13. The number of benzene rings is 1. The van der Waals surface area contributed by atoms with Crippen LogP contribution in [0, 0.1) is 5.41 Å². The van der Waals surface area contributed by atoms with Crippen LogP contribution in [0.25, 0.3) is 0 Å². The van der Waals surface area contributed by atoms with Gasteiger partial charge in [-0.05, 0) is 18.4 Å². The lowest BCUT2D eigenvalue weighted by molar-refractivity contribution is -0.144. The Bertz CT molecular complexity index is 650. The lowest BCUT2D eigenvalue weighted by atomic mass is 10.1. The van der Waals surface area contributed by atoms with Crippen molar-refractivity contribution >= 4 is 24.0 Å². The summed E-state index contributed by atoms with van der Waals surface area (Å²) in [7, 11) is 2.69. The van der Waals surface area contributed by atoms with Crippen molar-refractivity contribution < 1.29 is 28.6 Å². The van der Waals surface area contributed by atoms with E-state index in [0.717, 1.165) is 6.42 Å². The Hall–Kier alpha value is -3.10. The van der Waals surface area contributed by atoms with E-state index in [0.29, 0.717) is 19.3 Å². The molecular weight excluding hydrogens is 366 g/mol. The summed E-state index contributed by atoms with van der Waals surface area (Å²) >= 11 is 0. The highest BCUT2D eigenvalue weighted by molar-refractivity contribution is 5.93. The van der Waals surface area contributed by atoms with Crippen molar-refractivity contribution in [2.24, 2.45) is 0 Å². The molecule has 28 heavy (non-hydrogen) atoms. The number of amides is 1. The number of methoxy groups -OCH3 is 1. The van der Waals surface area contributed by atoms with Crippen LogP contribution < -0.4 is 5.32 Å². The minimum atomic E-state index is -0.823. The van der Waals surface area contributed by atoms with Gasteiger partial charge < -0.3 is 19.1 Å². The molecule has 1 aromatic carbocycles. The average molecular weight is 393 g/mol. The Balaban J connectivity index is 2.06. The van der Waals surface area contributed by atoms with E-state index < -0.39 is 12.1 Å². The molecule has 0 fully saturated rings. The number of aryl methyl sites for hydroxylation is 1. The van der Waals surface area contributed by atoms with Crippen LogP contribution >= 0.6 is 0 Å². The van der Waals surface area contributed by atoms with Gasteiger partial charge in [0, 0.05) is 19.9 Å². The minimum Gasteiger partial charge on any atom is -0.468 e. The van der Waals surface area contributed by atoms with Gasteiger partial charge >= 0.3 is 18.0 Å². The molecule has 9 nitrogen and oxygen atoms in total. The maximum absolute atomic E-state index is 11.6. The van der Waals surface area contributed by atoms with Gasteiger partial charge in [0.05, 0.1) is 20.3 Å². The third-order valence-corrected chi connectivity index (χ3v) is 3.67. The Morgan fingerprint density at radius 1 is 1.04 bits per heavy atom. The first-order valence-electron chi connectivity index (χ1n) is 8.92. The fourth-order valence-corrected chi connectivity index (χ4v) is 2.13. The molecule has 1 amide bonds.